The number of carbonyl (C=O) groups is 1. The monoisotopic (exact) mass is 472 g/mol. The van der Waals surface area contributed by atoms with Crippen LogP contribution in [0.15, 0.2) is 53.4 Å². The van der Waals surface area contributed by atoms with E-state index in [0.29, 0.717) is 18.0 Å². The van der Waals surface area contributed by atoms with Gasteiger partial charge in [-0.15, -0.1) is 0 Å². The fourth-order valence-corrected chi connectivity index (χ4v) is 5.58. The van der Waals surface area contributed by atoms with Crippen molar-refractivity contribution in [3.63, 3.8) is 0 Å². The van der Waals surface area contributed by atoms with Crippen molar-refractivity contribution in [3.8, 4) is 5.75 Å². The van der Waals surface area contributed by atoms with Crippen LogP contribution in [-0.4, -0.2) is 83.1 Å². The smallest absolute Gasteiger partial charge is 0.264 e. The van der Waals surface area contributed by atoms with E-state index < -0.39 is 16.1 Å². The SMILES string of the molecule is Cc1ccc(S(=O)(=O)N2C[C@H](C(=O)NCCCN3CCN(C)CC3)Oc3ccccc32)cc1. The molecule has 0 aromatic heterocycles. The van der Waals surface area contributed by atoms with Crippen molar-refractivity contribution in [3.05, 3.63) is 54.1 Å². The van der Waals surface area contributed by atoms with Crippen molar-refractivity contribution in [1.29, 1.82) is 0 Å². The Kier molecular flexibility index (Phi) is 7.21. The highest BCUT2D eigenvalue weighted by atomic mass is 32.2. The molecule has 1 fully saturated rings. The number of para-hydroxylation sites is 2. The number of benzene rings is 2. The molecule has 2 aromatic carbocycles. The van der Waals surface area contributed by atoms with Gasteiger partial charge in [-0.1, -0.05) is 29.8 Å². The fraction of sp³-hybridized carbons (Fsp3) is 0.458. The van der Waals surface area contributed by atoms with Crippen LogP contribution in [0.5, 0.6) is 5.75 Å². The Morgan fingerprint density at radius 2 is 1.76 bits per heavy atom. The van der Waals surface area contributed by atoms with Gasteiger partial charge in [0.05, 0.1) is 17.1 Å². The lowest BCUT2D eigenvalue weighted by molar-refractivity contribution is -0.127. The number of hydrogen-bond acceptors (Lipinski definition) is 6. The third-order valence-electron chi connectivity index (χ3n) is 6.18. The Labute approximate surface area is 196 Å². The number of rotatable bonds is 7. The minimum atomic E-state index is -3.84. The lowest BCUT2D eigenvalue weighted by Gasteiger charge is -2.35. The quantitative estimate of drug-likeness (QED) is 0.618. The van der Waals surface area contributed by atoms with Gasteiger partial charge in [-0.3, -0.25) is 9.10 Å². The molecule has 1 atom stereocenters. The van der Waals surface area contributed by atoms with Gasteiger partial charge >= 0.3 is 0 Å². The highest BCUT2D eigenvalue weighted by Crippen LogP contribution is 2.36. The van der Waals surface area contributed by atoms with E-state index in [0.717, 1.165) is 44.7 Å². The van der Waals surface area contributed by atoms with Gasteiger partial charge in [-0.2, -0.15) is 0 Å². The van der Waals surface area contributed by atoms with Crippen molar-refractivity contribution in [2.45, 2.75) is 24.3 Å². The Bertz CT molecular complexity index is 1070. The highest BCUT2D eigenvalue weighted by Gasteiger charge is 2.37. The molecule has 2 aliphatic rings. The van der Waals surface area contributed by atoms with Crippen LogP contribution in [0.25, 0.3) is 0 Å². The number of nitrogens with zero attached hydrogens (tertiary/aromatic N) is 3. The third-order valence-corrected chi connectivity index (χ3v) is 7.98. The maximum atomic E-state index is 13.4. The minimum Gasteiger partial charge on any atom is -0.476 e. The van der Waals surface area contributed by atoms with E-state index in [-0.39, 0.29) is 17.3 Å². The number of fused-ring (bicyclic) bond motifs is 1. The van der Waals surface area contributed by atoms with E-state index in [1.54, 1.807) is 48.5 Å². The maximum Gasteiger partial charge on any atom is 0.264 e. The van der Waals surface area contributed by atoms with Crippen LogP contribution in [-0.2, 0) is 14.8 Å². The van der Waals surface area contributed by atoms with Crippen molar-refractivity contribution in [2.24, 2.45) is 0 Å². The van der Waals surface area contributed by atoms with Gasteiger partial charge in [-0.05, 0) is 51.2 Å². The molecule has 1 amide bonds. The third kappa shape index (κ3) is 5.48. The number of hydrogen-bond donors (Lipinski definition) is 1. The largest absolute Gasteiger partial charge is 0.476 e. The first-order chi connectivity index (χ1) is 15.8. The molecule has 1 saturated heterocycles. The number of sulfonamides is 1. The molecule has 178 valence electrons. The minimum absolute atomic E-state index is 0.0719. The van der Waals surface area contributed by atoms with Gasteiger partial charge in [-0.25, -0.2) is 8.42 Å². The standard InChI is InChI=1S/C24H32N4O4S/c1-19-8-10-20(11-9-19)33(30,31)28-18-23(32-22-7-4-3-6-21(22)28)24(29)25-12-5-13-27-16-14-26(2)15-17-27/h3-4,6-11,23H,5,12-18H2,1-2H3,(H,25,29)/t23-/m1/s1. The molecule has 2 aliphatic heterocycles. The Morgan fingerprint density at radius 1 is 1.06 bits per heavy atom. The summed E-state index contributed by atoms with van der Waals surface area (Å²) in [5.74, 6) is 0.0870. The van der Waals surface area contributed by atoms with Crippen LogP contribution >= 0.6 is 0 Å². The fourth-order valence-electron chi connectivity index (χ4n) is 4.10. The van der Waals surface area contributed by atoms with Gasteiger partial charge < -0.3 is 19.9 Å². The summed E-state index contributed by atoms with van der Waals surface area (Å²) < 4.78 is 34.0. The van der Waals surface area contributed by atoms with E-state index in [2.05, 4.69) is 22.2 Å². The average molecular weight is 473 g/mol. The van der Waals surface area contributed by atoms with Crippen LogP contribution in [0.2, 0.25) is 0 Å². The number of nitrogens with one attached hydrogen (secondary N) is 1. The van der Waals surface area contributed by atoms with Crippen LogP contribution < -0.4 is 14.4 Å². The molecule has 4 rings (SSSR count). The molecular weight excluding hydrogens is 440 g/mol. The predicted octanol–water partition coefficient (Wildman–Crippen LogP) is 1.71. The molecule has 2 heterocycles. The lowest BCUT2D eigenvalue weighted by atomic mass is 10.2. The zero-order chi connectivity index (χ0) is 23.4. The van der Waals surface area contributed by atoms with Gasteiger partial charge in [0.15, 0.2) is 6.10 Å². The molecular formula is C24H32N4O4S. The van der Waals surface area contributed by atoms with E-state index >= 15 is 0 Å². The lowest BCUT2D eigenvalue weighted by Crippen LogP contribution is -2.51. The number of carbonyl (C=O) groups excluding carboxylic acids is 1. The summed E-state index contributed by atoms with van der Waals surface area (Å²) in [5.41, 5.74) is 1.42. The van der Waals surface area contributed by atoms with E-state index in [9.17, 15) is 13.2 Å². The summed E-state index contributed by atoms with van der Waals surface area (Å²) in [4.78, 5) is 17.8. The maximum absolute atomic E-state index is 13.4. The van der Waals surface area contributed by atoms with Gasteiger partial charge in [0.1, 0.15) is 5.75 Å². The van der Waals surface area contributed by atoms with Gasteiger partial charge in [0.2, 0.25) is 0 Å². The summed E-state index contributed by atoms with van der Waals surface area (Å²) >= 11 is 0. The number of piperazine rings is 1. The average Bonchev–Trinajstić information content (AvgIpc) is 2.82. The molecule has 0 spiro atoms. The molecule has 0 aliphatic carbocycles. The first kappa shape index (κ1) is 23.5. The molecule has 0 radical (unpaired) electrons. The predicted molar refractivity (Wildman–Crippen MR) is 128 cm³/mol. The van der Waals surface area contributed by atoms with E-state index in [1.165, 1.54) is 4.31 Å². The zero-order valence-electron chi connectivity index (χ0n) is 19.2. The van der Waals surface area contributed by atoms with Gasteiger partial charge in [0, 0.05) is 32.7 Å². The topological polar surface area (TPSA) is 82.2 Å². The normalized spacial score (nSPS) is 19.6. The van der Waals surface area contributed by atoms with Crippen molar-refractivity contribution in [1.82, 2.24) is 15.1 Å². The molecule has 0 unspecified atom stereocenters. The second kappa shape index (κ2) is 10.1. The van der Waals surface area contributed by atoms with Crippen LogP contribution in [0.1, 0.15) is 12.0 Å². The number of amides is 1. The van der Waals surface area contributed by atoms with Crippen molar-refractivity contribution >= 4 is 21.6 Å². The molecule has 1 N–H and O–H groups in total. The number of likely N-dealkylation sites (N-methyl/N-ethyl adjacent to an activating group) is 1. The number of aryl methyl sites for hydroxylation is 1. The van der Waals surface area contributed by atoms with Crippen molar-refractivity contribution in [2.75, 3.05) is 57.2 Å². The van der Waals surface area contributed by atoms with Crippen molar-refractivity contribution < 1.29 is 17.9 Å². The van der Waals surface area contributed by atoms with Crippen LogP contribution in [0.4, 0.5) is 5.69 Å². The first-order valence-electron chi connectivity index (χ1n) is 11.4. The Hall–Kier alpha value is -2.62. The molecule has 8 nitrogen and oxygen atoms in total. The summed E-state index contributed by atoms with van der Waals surface area (Å²) in [6.07, 6.45) is -0.0757. The van der Waals surface area contributed by atoms with Crippen LogP contribution in [0.3, 0.4) is 0 Å². The molecule has 33 heavy (non-hydrogen) atoms. The first-order valence-corrected chi connectivity index (χ1v) is 12.8. The Morgan fingerprint density at radius 3 is 2.48 bits per heavy atom. The zero-order valence-corrected chi connectivity index (χ0v) is 20.1. The second-order valence-corrected chi connectivity index (χ2v) is 10.6. The molecule has 9 heteroatoms. The summed E-state index contributed by atoms with van der Waals surface area (Å²) in [6.45, 7) is 7.49. The van der Waals surface area contributed by atoms with E-state index in [4.69, 9.17) is 4.74 Å². The summed E-state index contributed by atoms with van der Waals surface area (Å²) in [6, 6.07) is 13.6. The molecule has 0 bridgehead atoms. The number of anilines is 1. The Balaban J connectivity index is 1.41. The summed E-state index contributed by atoms with van der Waals surface area (Å²) in [7, 11) is -1.71. The molecule has 0 saturated carbocycles. The second-order valence-electron chi connectivity index (χ2n) is 8.71. The number of ether oxygens (including phenoxy) is 1. The molecule has 2 aromatic rings. The van der Waals surface area contributed by atoms with E-state index in [1.807, 2.05) is 6.92 Å². The van der Waals surface area contributed by atoms with Gasteiger partial charge in [0.25, 0.3) is 15.9 Å². The highest BCUT2D eigenvalue weighted by molar-refractivity contribution is 7.92. The van der Waals surface area contributed by atoms with Crippen LogP contribution in [0, 0.1) is 6.92 Å². The summed E-state index contributed by atoms with van der Waals surface area (Å²) in [5, 5.41) is 2.93.